The van der Waals surface area contributed by atoms with E-state index in [2.05, 4.69) is 145 Å². The monoisotopic (exact) mass is 750 g/mol. The van der Waals surface area contributed by atoms with Gasteiger partial charge in [0.15, 0.2) is 0 Å². The standard InChI is InChI=1S/C40H29N.C7H8N2.C7H9N/c1-26-19-22-33-32-17-9-10-18-34(32)40(37(33)25-26)35-23-20-27-11-5-7-15-30(27)38(35)41(29-13-3-2-4-14-29)39-31-16-8-6-12-28(31)21-24-36(39)40;8-7(9)6-4-2-1-3-5-6;8-6-7-4-2-1-3-5-7/h2-9,11-17,19-25H,10,18H2,1H3;1-5H,(H3,8,9);1-5H,6,8H2. The zero-order valence-corrected chi connectivity index (χ0v) is 32.7. The summed E-state index contributed by atoms with van der Waals surface area (Å²) in [5.74, 6) is 0.121. The van der Waals surface area contributed by atoms with E-state index in [0.717, 1.165) is 18.4 Å². The Labute approximate surface area is 340 Å². The Morgan fingerprint density at radius 3 is 1.72 bits per heavy atom. The molecule has 4 heteroatoms. The fourth-order valence-corrected chi connectivity index (χ4v) is 9.21. The van der Waals surface area contributed by atoms with Crippen LogP contribution in [0.3, 0.4) is 0 Å². The number of nitrogen functional groups attached to an aromatic ring is 1. The van der Waals surface area contributed by atoms with Crippen LogP contribution < -0.4 is 16.4 Å². The molecule has 11 rings (SSSR count). The van der Waals surface area contributed by atoms with Gasteiger partial charge in [0.05, 0.1) is 16.8 Å². The lowest BCUT2D eigenvalue weighted by Crippen LogP contribution is -2.37. The molecule has 8 aromatic rings. The van der Waals surface area contributed by atoms with E-state index in [1.807, 2.05) is 60.7 Å². The van der Waals surface area contributed by atoms with Crippen LogP contribution in [-0.2, 0) is 12.0 Å². The van der Waals surface area contributed by atoms with Gasteiger partial charge in [-0.3, -0.25) is 5.41 Å². The minimum absolute atomic E-state index is 0.121. The lowest BCUT2D eigenvalue weighted by molar-refractivity contribution is 0.689. The van der Waals surface area contributed by atoms with Crippen molar-refractivity contribution in [2.24, 2.45) is 11.5 Å². The summed E-state index contributed by atoms with van der Waals surface area (Å²) in [6, 6.07) is 64.7. The third kappa shape index (κ3) is 6.19. The van der Waals surface area contributed by atoms with Gasteiger partial charge in [-0.15, -0.1) is 0 Å². The number of fused-ring (bicyclic) bond motifs is 12. The summed E-state index contributed by atoms with van der Waals surface area (Å²) in [5.41, 5.74) is 25.8. The molecule has 2 aliphatic carbocycles. The van der Waals surface area contributed by atoms with E-state index >= 15 is 0 Å². The molecule has 0 unspecified atom stereocenters. The number of nitrogens with zero attached hydrogens (tertiary/aromatic N) is 1. The predicted molar refractivity (Wildman–Crippen MR) is 244 cm³/mol. The van der Waals surface area contributed by atoms with Crippen LogP contribution in [0.2, 0.25) is 0 Å². The molecule has 58 heavy (non-hydrogen) atoms. The van der Waals surface area contributed by atoms with Gasteiger partial charge in [0, 0.05) is 28.6 Å². The first-order valence-corrected chi connectivity index (χ1v) is 20.1. The summed E-state index contributed by atoms with van der Waals surface area (Å²) in [5, 5.41) is 12.1. The summed E-state index contributed by atoms with van der Waals surface area (Å²) < 4.78 is 0. The Balaban J connectivity index is 0.000000213. The van der Waals surface area contributed by atoms with E-state index in [1.165, 1.54) is 77.6 Å². The van der Waals surface area contributed by atoms with E-state index in [4.69, 9.17) is 16.9 Å². The topological polar surface area (TPSA) is 79.1 Å². The molecule has 0 atom stereocenters. The fourth-order valence-electron chi connectivity index (χ4n) is 9.21. The quantitative estimate of drug-likeness (QED) is 0.124. The highest BCUT2D eigenvalue weighted by molar-refractivity contribution is 6.12. The number of rotatable bonds is 3. The minimum Gasteiger partial charge on any atom is -0.384 e. The number of hydrogen-bond acceptors (Lipinski definition) is 3. The molecule has 0 fully saturated rings. The van der Waals surface area contributed by atoms with Crippen molar-refractivity contribution in [3.05, 3.63) is 239 Å². The van der Waals surface area contributed by atoms with E-state index in [9.17, 15) is 0 Å². The SMILES string of the molecule is Cc1ccc2c(c1)C1(C3=C2C=CCC3)c2ccc3ccccc3c2N(c2ccccc2)c2c1ccc1ccccc21.N=C(N)c1ccccc1.NCc1ccccc1. The Morgan fingerprint density at radius 1 is 0.621 bits per heavy atom. The highest BCUT2D eigenvalue weighted by Crippen LogP contribution is 2.66. The summed E-state index contributed by atoms with van der Waals surface area (Å²) in [4.78, 5) is 2.56. The van der Waals surface area contributed by atoms with Crippen LogP contribution in [0, 0.1) is 12.3 Å². The number of nitrogens with one attached hydrogen (secondary N) is 1. The Morgan fingerprint density at radius 2 is 1.17 bits per heavy atom. The average molecular weight is 751 g/mol. The summed E-state index contributed by atoms with van der Waals surface area (Å²) in [6.45, 7) is 2.88. The summed E-state index contributed by atoms with van der Waals surface area (Å²) in [6.07, 6.45) is 6.89. The second kappa shape index (κ2) is 15.5. The minimum atomic E-state index is -0.356. The van der Waals surface area contributed by atoms with Crippen molar-refractivity contribution in [2.45, 2.75) is 31.7 Å². The number of amidine groups is 1. The second-order valence-corrected chi connectivity index (χ2v) is 15.1. The number of allylic oxidation sites excluding steroid dienone is 4. The van der Waals surface area contributed by atoms with Crippen molar-refractivity contribution in [1.29, 1.82) is 5.41 Å². The first-order chi connectivity index (χ1) is 28.5. The summed E-state index contributed by atoms with van der Waals surface area (Å²) >= 11 is 0. The van der Waals surface area contributed by atoms with Gasteiger partial charge in [-0.2, -0.15) is 0 Å². The molecule has 282 valence electrons. The number of aryl methyl sites for hydroxylation is 1. The molecule has 0 bridgehead atoms. The molecule has 1 spiro atoms. The van der Waals surface area contributed by atoms with Crippen molar-refractivity contribution in [2.75, 3.05) is 4.90 Å². The average Bonchev–Trinajstić information content (AvgIpc) is 3.57. The molecule has 1 heterocycles. The zero-order valence-electron chi connectivity index (χ0n) is 32.7. The van der Waals surface area contributed by atoms with Crippen molar-refractivity contribution in [3.8, 4) is 0 Å². The molecule has 3 aliphatic rings. The Bertz CT molecular complexity index is 2770. The molecule has 5 N–H and O–H groups in total. The van der Waals surface area contributed by atoms with Crippen molar-refractivity contribution < 1.29 is 0 Å². The van der Waals surface area contributed by atoms with Gasteiger partial charge in [-0.25, -0.2) is 0 Å². The van der Waals surface area contributed by atoms with E-state index < -0.39 is 0 Å². The van der Waals surface area contributed by atoms with Crippen LogP contribution in [0.25, 0.3) is 27.1 Å². The molecule has 0 amide bonds. The second-order valence-electron chi connectivity index (χ2n) is 15.1. The lowest BCUT2D eigenvalue weighted by atomic mass is 9.62. The van der Waals surface area contributed by atoms with Gasteiger partial charge >= 0.3 is 0 Å². The summed E-state index contributed by atoms with van der Waals surface area (Å²) in [7, 11) is 0. The van der Waals surface area contributed by atoms with Gasteiger partial charge in [0.2, 0.25) is 0 Å². The number of nitrogens with two attached hydrogens (primary N) is 2. The van der Waals surface area contributed by atoms with Crippen LogP contribution >= 0.6 is 0 Å². The van der Waals surface area contributed by atoms with Gasteiger partial charge < -0.3 is 16.4 Å². The lowest BCUT2D eigenvalue weighted by Gasteiger charge is -2.47. The van der Waals surface area contributed by atoms with Gasteiger partial charge in [-0.05, 0) is 81.6 Å². The molecule has 1 aliphatic heterocycles. The molecule has 0 radical (unpaired) electrons. The maximum atomic E-state index is 7.01. The third-order valence-corrected chi connectivity index (χ3v) is 11.7. The number of para-hydroxylation sites is 1. The van der Waals surface area contributed by atoms with Crippen LogP contribution in [0.15, 0.2) is 200 Å². The third-order valence-electron chi connectivity index (χ3n) is 11.7. The van der Waals surface area contributed by atoms with Gasteiger partial charge in [0.25, 0.3) is 0 Å². The predicted octanol–water partition coefficient (Wildman–Crippen LogP) is 12.7. The van der Waals surface area contributed by atoms with E-state index in [0.29, 0.717) is 6.54 Å². The van der Waals surface area contributed by atoms with Crippen molar-refractivity contribution in [3.63, 3.8) is 0 Å². The van der Waals surface area contributed by atoms with E-state index in [-0.39, 0.29) is 11.3 Å². The maximum Gasteiger partial charge on any atom is 0.122 e. The normalized spacial score (nSPS) is 14.1. The first kappa shape index (κ1) is 36.6. The number of anilines is 3. The Hall–Kier alpha value is -7.01. The van der Waals surface area contributed by atoms with Gasteiger partial charge in [-0.1, -0.05) is 188 Å². The molecular formula is C54H46N4. The van der Waals surface area contributed by atoms with Crippen molar-refractivity contribution >= 4 is 50.0 Å². The molecule has 0 saturated carbocycles. The molecule has 8 aromatic carbocycles. The van der Waals surface area contributed by atoms with Crippen LogP contribution in [0.1, 0.15) is 51.8 Å². The van der Waals surface area contributed by atoms with Gasteiger partial charge in [0.1, 0.15) is 5.84 Å². The number of benzene rings is 8. The van der Waals surface area contributed by atoms with Crippen molar-refractivity contribution in [1.82, 2.24) is 0 Å². The maximum absolute atomic E-state index is 7.01. The highest BCUT2D eigenvalue weighted by Gasteiger charge is 2.53. The number of hydrogen-bond donors (Lipinski definition) is 3. The first-order valence-electron chi connectivity index (χ1n) is 20.1. The highest BCUT2D eigenvalue weighted by atomic mass is 15.2. The van der Waals surface area contributed by atoms with Crippen LogP contribution in [0.4, 0.5) is 17.1 Å². The molecular weight excluding hydrogens is 705 g/mol. The van der Waals surface area contributed by atoms with Crippen LogP contribution in [0.5, 0.6) is 0 Å². The largest absolute Gasteiger partial charge is 0.384 e. The zero-order chi connectivity index (χ0) is 39.6. The fraction of sp³-hybridized carbons (Fsp3) is 0.0926. The molecule has 0 aromatic heterocycles. The molecule has 4 nitrogen and oxygen atoms in total. The van der Waals surface area contributed by atoms with Crippen LogP contribution in [-0.4, -0.2) is 5.84 Å². The van der Waals surface area contributed by atoms with E-state index in [1.54, 1.807) is 5.57 Å². The Kier molecular flexibility index (Phi) is 9.78. The molecule has 0 saturated heterocycles. The smallest absolute Gasteiger partial charge is 0.122 e.